The van der Waals surface area contributed by atoms with Gasteiger partial charge in [-0.15, -0.1) is 0 Å². The number of carbonyl (C=O) groups excluding carboxylic acids is 1. The highest BCUT2D eigenvalue weighted by Gasteiger charge is 2.36. The number of anilines is 1. The zero-order valence-corrected chi connectivity index (χ0v) is 12.6. The average molecular weight is 320 g/mol. The molecule has 122 valence electrons. The second-order valence-corrected chi connectivity index (χ2v) is 5.63. The molecule has 2 amide bonds. The van der Waals surface area contributed by atoms with Gasteiger partial charge in [0.05, 0.1) is 4.92 Å². The van der Waals surface area contributed by atoms with Gasteiger partial charge < -0.3 is 19.8 Å². The summed E-state index contributed by atoms with van der Waals surface area (Å²) in [6, 6.07) is 3.01. The van der Waals surface area contributed by atoms with Crippen molar-refractivity contribution in [1.82, 2.24) is 9.80 Å². The van der Waals surface area contributed by atoms with Crippen LogP contribution in [0, 0.1) is 10.1 Å². The van der Waals surface area contributed by atoms with E-state index in [4.69, 9.17) is 5.11 Å². The Morgan fingerprint density at radius 1 is 1.26 bits per heavy atom. The van der Waals surface area contributed by atoms with Crippen molar-refractivity contribution in [3.63, 3.8) is 0 Å². The molecule has 0 spiro atoms. The summed E-state index contributed by atoms with van der Waals surface area (Å²) in [5, 5.41) is 20.2. The molecule has 0 aromatic heterocycles. The fraction of sp³-hybridized carbons (Fsp3) is 0.429. The van der Waals surface area contributed by atoms with Crippen molar-refractivity contribution in [3.8, 4) is 0 Å². The Labute approximate surface area is 131 Å². The van der Waals surface area contributed by atoms with Crippen LogP contribution in [-0.2, 0) is 6.54 Å². The summed E-state index contributed by atoms with van der Waals surface area (Å²) < 4.78 is 0. The highest BCUT2D eigenvalue weighted by molar-refractivity contribution is 6.03. The number of benzene rings is 1. The number of hydrogen-bond donors (Lipinski definition) is 1. The van der Waals surface area contributed by atoms with Crippen molar-refractivity contribution in [2.75, 3.05) is 38.1 Å². The fourth-order valence-corrected chi connectivity index (χ4v) is 3.11. The van der Waals surface area contributed by atoms with E-state index in [1.807, 2.05) is 4.90 Å². The monoisotopic (exact) mass is 320 g/mol. The van der Waals surface area contributed by atoms with Crippen molar-refractivity contribution in [1.29, 1.82) is 0 Å². The lowest BCUT2D eigenvalue weighted by molar-refractivity contribution is -0.385. The van der Waals surface area contributed by atoms with Crippen molar-refractivity contribution in [2.45, 2.75) is 6.54 Å². The van der Waals surface area contributed by atoms with Crippen LogP contribution in [0.15, 0.2) is 12.1 Å². The molecule has 9 nitrogen and oxygen atoms in total. The Morgan fingerprint density at radius 3 is 2.48 bits per heavy atom. The third-order valence-electron chi connectivity index (χ3n) is 4.31. The van der Waals surface area contributed by atoms with Crippen LogP contribution >= 0.6 is 0 Å². The molecule has 0 bridgehead atoms. The Hall–Kier alpha value is -2.84. The molecule has 1 saturated heterocycles. The molecule has 2 heterocycles. The summed E-state index contributed by atoms with van der Waals surface area (Å²) in [6.45, 7) is 2.04. The maximum atomic E-state index is 12.2. The SMILES string of the molecule is CN1Cc2c(N3CCN(C(=O)O)CC3)ccc([N+](=O)[O-])c2C1=O. The Balaban J connectivity index is 1.95. The van der Waals surface area contributed by atoms with Gasteiger partial charge >= 0.3 is 6.09 Å². The first-order chi connectivity index (χ1) is 10.9. The molecule has 0 saturated carbocycles. The molecule has 9 heteroatoms. The highest BCUT2D eigenvalue weighted by atomic mass is 16.6. The van der Waals surface area contributed by atoms with Crippen LogP contribution in [0.25, 0.3) is 0 Å². The summed E-state index contributed by atoms with van der Waals surface area (Å²) >= 11 is 0. The van der Waals surface area contributed by atoms with Gasteiger partial charge in [0.1, 0.15) is 5.56 Å². The lowest BCUT2D eigenvalue weighted by Crippen LogP contribution is -2.48. The van der Waals surface area contributed by atoms with E-state index in [9.17, 15) is 19.7 Å². The molecule has 23 heavy (non-hydrogen) atoms. The summed E-state index contributed by atoms with van der Waals surface area (Å²) in [5.41, 5.74) is 1.39. The Bertz CT molecular complexity index is 697. The van der Waals surface area contributed by atoms with E-state index in [1.54, 1.807) is 13.1 Å². The number of nitrogens with zero attached hydrogens (tertiary/aromatic N) is 4. The van der Waals surface area contributed by atoms with Gasteiger partial charge in [-0.05, 0) is 6.07 Å². The van der Waals surface area contributed by atoms with E-state index >= 15 is 0 Å². The third-order valence-corrected chi connectivity index (χ3v) is 4.31. The number of rotatable bonds is 2. The minimum atomic E-state index is -0.950. The molecular weight excluding hydrogens is 304 g/mol. The zero-order valence-electron chi connectivity index (χ0n) is 12.6. The van der Waals surface area contributed by atoms with Crippen molar-refractivity contribution in [3.05, 3.63) is 33.4 Å². The molecule has 3 rings (SSSR count). The second-order valence-electron chi connectivity index (χ2n) is 5.63. The van der Waals surface area contributed by atoms with E-state index in [0.29, 0.717) is 38.3 Å². The molecule has 0 radical (unpaired) electrons. The van der Waals surface area contributed by atoms with Crippen molar-refractivity contribution >= 4 is 23.4 Å². The number of carboxylic acid groups (broad SMARTS) is 1. The van der Waals surface area contributed by atoms with Crippen LogP contribution in [-0.4, -0.2) is 65.1 Å². The first-order valence-corrected chi connectivity index (χ1v) is 7.18. The molecule has 2 aliphatic heterocycles. The molecule has 1 aromatic rings. The van der Waals surface area contributed by atoms with Gasteiger partial charge in [-0.3, -0.25) is 14.9 Å². The largest absolute Gasteiger partial charge is 0.465 e. The minimum Gasteiger partial charge on any atom is -0.465 e. The predicted molar refractivity (Wildman–Crippen MR) is 80.7 cm³/mol. The van der Waals surface area contributed by atoms with Crippen molar-refractivity contribution < 1.29 is 19.6 Å². The molecule has 0 atom stereocenters. The van der Waals surface area contributed by atoms with Crippen molar-refractivity contribution in [2.24, 2.45) is 0 Å². The van der Waals surface area contributed by atoms with Gasteiger partial charge in [-0.2, -0.15) is 0 Å². The van der Waals surface area contributed by atoms with Crippen LogP contribution in [0.4, 0.5) is 16.2 Å². The maximum Gasteiger partial charge on any atom is 0.407 e. The van der Waals surface area contributed by atoms with Gasteiger partial charge in [-0.25, -0.2) is 4.79 Å². The molecule has 1 N–H and O–H groups in total. The summed E-state index contributed by atoms with van der Waals surface area (Å²) in [6.07, 6.45) is -0.950. The second kappa shape index (κ2) is 5.41. The van der Waals surface area contributed by atoms with Crippen LogP contribution in [0.5, 0.6) is 0 Å². The molecule has 1 aromatic carbocycles. The van der Waals surface area contributed by atoms with Crippen LogP contribution < -0.4 is 4.90 Å². The standard InChI is InChI=1S/C14H16N4O5/c1-15-8-9-10(16-4-6-17(7-5-16)14(20)21)2-3-11(18(22)23)12(9)13(15)19/h2-3H,4-8H2,1H3,(H,20,21). The van der Waals surface area contributed by atoms with E-state index < -0.39 is 11.0 Å². The van der Waals surface area contributed by atoms with Crippen LogP contribution in [0.2, 0.25) is 0 Å². The maximum absolute atomic E-state index is 12.2. The van der Waals surface area contributed by atoms with E-state index in [2.05, 4.69) is 0 Å². The molecule has 1 fully saturated rings. The number of amides is 2. The average Bonchev–Trinajstić information content (AvgIpc) is 2.82. The van der Waals surface area contributed by atoms with Crippen LogP contribution in [0.3, 0.4) is 0 Å². The highest BCUT2D eigenvalue weighted by Crippen LogP contribution is 2.37. The summed E-state index contributed by atoms with van der Waals surface area (Å²) in [7, 11) is 1.61. The molecular formula is C14H16N4O5. The first kappa shape index (κ1) is 15.1. The van der Waals surface area contributed by atoms with E-state index in [1.165, 1.54) is 15.9 Å². The predicted octanol–water partition coefficient (Wildman–Crippen LogP) is 0.980. The van der Waals surface area contributed by atoms with Gasteiger partial charge in [0.25, 0.3) is 11.6 Å². The lowest BCUT2D eigenvalue weighted by Gasteiger charge is -2.35. The van der Waals surface area contributed by atoms with Gasteiger partial charge in [-0.1, -0.05) is 0 Å². The smallest absolute Gasteiger partial charge is 0.407 e. The van der Waals surface area contributed by atoms with Gasteiger partial charge in [0.15, 0.2) is 0 Å². The topological polar surface area (TPSA) is 107 Å². The number of fused-ring (bicyclic) bond motifs is 1. The Morgan fingerprint density at radius 2 is 1.91 bits per heavy atom. The first-order valence-electron chi connectivity index (χ1n) is 7.18. The molecule has 2 aliphatic rings. The number of carbonyl (C=O) groups is 2. The third kappa shape index (κ3) is 2.43. The lowest BCUT2D eigenvalue weighted by atomic mass is 10.0. The number of nitro groups is 1. The molecule has 0 aliphatic carbocycles. The van der Waals surface area contributed by atoms with E-state index in [0.717, 1.165) is 5.69 Å². The number of piperazine rings is 1. The van der Waals surface area contributed by atoms with E-state index in [-0.39, 0.29) is 17.2 Å². The fourth-order valence-electron chi connectivity index (χ4n) is 3.11. The minimum absolute atomic E-state index is 0.149. The van der Waals surface area contributed by atoms with Gasteiger partial charge in [0, 0.05) is 57.1 Å². The number of nitro benzene ring substituents is 1. The summed E-state index contributed by atoms with van der Waals surface area (Å²) in [4.78, 5) is 38.6. The normalized spacial score (nSPS) is 17.4. The Kier molecular flexibility index (Phi) is 3.55. The van der Waals surface area contributed by atoms with Crippen LogP contribution in [0.1, 0.15) is 15.9 Å². The van der Waals surface area contributed by atoms with Gasteiger partial charge in [0.2, 0.25) is 0 Å². The molecule has 0 unspecified atom stereocenters. The summed E-state index contributed by atoms with van der Waals surface area (Å²) in [5.74, 6) is -0.349. The number of hydrogen-bond acceptors (Lipinski definition) is 5. The quantitative estimate of drug-likeness (QED) is 0.643. The zero-order chi connectivity index (χ0) is 16.7.